The van der Waals surface area contributed by atoms with Crippen LogP contribution < -0.4 is 10.5 Å². The summed E-state index contributed by atoms with van der Waals surface area (Å²) < 4.78 is 22.4. The Bertz CT molecular complexity index is 994. The second kappa shape index (κ2) is 6.38. The Morgan fingerprint density at radius 1 is 1.04 bits per heavy atom. The number of pyridine rings is 1. The van der Waals surface area contributed by atoms with Gasteiger partial charge in [-0.15, -0.1) is 0 Å². The Balaban J connectivity index is 1.76. The third kappa shape index (κ3) is 3.42. The fourth-order valence-corrected chi connectivity index (χ4v) is 2.88. The first-order chi connectivity index (χ1) is 11.4. The topological polar surface area (TPSA) is 102 Å². The molecule has 122 valence electrons. The monoisotopic (exact) mass is 341 g/mol. The second-order valence-electron chi connectivity index (χ2n) is 5.25. The molecule has 0 aliphatic rings. The summed E-state index contributed by atoms with van der Waals surface area (Å²) in [5.41, 5.74) is 2.07. The summed E-state index contributed by atoms with van der Waals surface area (Å²) in [5, 5.41) is 8.65. The van der Waals surface area contributed by atoms with Gasteiger partial charge in [0.15, 0.2) is 0 Å². The van der Waals surface area contributed by atoms with Crippen molar-refractivity contribution in [3.63, 3.8) is 0 Å². The van der Waals surface area contributed by atoms with E-state index in [1.165, 1.54) is 12.1 Å². The van der Waals surface area contributed by atoms with Crippen molar-refractivity contribution in [1.29, 1.82) is 0 Å². The molecule has 0 fully saturated rings. The second-order valence-corrected chi connectivity index (χ2v) is 6.81. The standard InChI is InChI=1S/C17H15N3O3S/c18-24(22,23)13-7-5-12(6-8-13)11-20-17(21)15-9-10-19-16-4-2-1-3-14(15)16/h1-10H,11H2,(H,20,21)(H2,18,22,23). The zero-order chi connectivity index (χ0) is 17.2. The lowest BCUT2D eigenvalue weighted by Gasteiger charge is -2.08. The van der Waals surface area contributed by atoms with Crippen molar-refractivity contribution in [2.45, 2.75) is 11.4 Å². The summed E-state index contributed by atoms with van der Waals surface area (Å²) in [7, 11) is -3.71. The Morgan fingerprint density at radius 3 is 2.46 bits per heavy atom. The number of carbonyl (C=O) groups excluding carboxylic acids is 1. The molecule has 1 aromatic heterocycles. The molecule has 0 atom stereocenters. The van der Waals surface area contributed by atoms with Gasteiger partial charge in [0.1, 0.15) is 0 Å². The molecule has 0 radical (unpaired) electrons. The van der Waals surface area contributed by atoms with Crippen molar-refractivity contribution in [1.82, 2.24) is 10.3 Å². The molecule has 0 spiro atoms. The third-order valence-electron chi connectivity index (χ3n) is 3.60. The molecule has 2 aromatic carbocycles. The fourth-order valence-electron chi connectivity index (χ4n) is 2.37. The number of nitrogens with one attached hydrogen (secondary N) is 1. The number of benzene rings is 2. The smallest absolute Gasteiger partial charge is 0.252 e. The lowest BCUT2D eigenvalue weighted by Crippen LogP contribution is -2.23. The lowest BCUT2D eigenvalue weighted by molar-refractivity contribution is 0.0952. The van der Waals surface area contributed by atoms with Crippen molar-refractivity contribution >= 4 is 26.8 Å². The minimum atomic E-state index is -3.71. The third-order valence-corrected chi connectivity index (χ3v) is 4.53. The number of nitrogens with zero attached hydrogens (tertiary/aromatic N) is 1. The molecule has 0 aliphatic heterocycles. The number of sulfonamides is 1. The molecule has 6 nitrogen and oxygen atoms in total. The van der Waals surface area contributed by atoms with Gasteiger partial charge in [-0.1, -0.05) is 30.3 Å². The van der Waals surface area contributed by atoms with E-state index in [4.69, 9.17) is 5.14 Å². The van der Waals surface area contributed by atoms with E-state index in [2.05, 4.69) is 10.3 Å². The first kappa shape index (κ1) is 16.1. The highest BCUT2D eigenvalue weighted by atomic mass is 32.2. The van der Waals surface area contributed by atoms with Crippen LogP contribution in [-0.4, -0.2) is 19.3 Å². The fraction of sp³-hybridized carbons (Fsp3) is 0.0588. The van der Waals surface area contributed by atoms with Crippen molar-refractivity contribution in [2.24, 2.45) is 5.14 Å². The van der Waals surface area contributed by atoms with Crippen LogP contribution in [0.4, 0.5) is 0 Å². The predicted molar refractivity (Wildman–Crippen MR) is 90.7 cm³/mol. The molecule has 3 N–H and O–H groups in total. The summed E-state index contributed by atoms with van der Waals surface area (Å²) in [4.78, 5) is 16.7. The SMILES string of the molecule is NS(=O)(=O)c1ccc(CNC(=O)c2ccnc3ccccc23)cc1. The predicted octanol–water partition coefficient (Wildman–Crippen LogP) is 1.81. The summed E-state index contributed by atoms with van der Waals surface area (Å²) in [6.07, 6.45) is 1.60. The molecular formula is C17H15N3O3S. The molecule has 24 heavy (non-hydrogen) atoms. The Morgan fingerprint density at radius 2 is 1.75 bits per heavy atom. The van der Waals surface area contributed by atoms with Crippen LogP contribution in [0.5, 0.6) is 0 Å². The molecule has 1 amide bonds. The summed E-state index contributed by atoms with van der Waals surface area (Å²) >= 11 is 0. The van der Waals surface area contributed by atoms with Crippen molar-refractivity contribution in [3.05, 3.63) is 71.9 Å². The lowest BCUT2D eigenvalue weighted by atomic mass is 10.1. The number of hydrogen-bond donors (Lipinski definition) is 2. The number of rotatable bonds is 4. The van der Waals surface area contributed by atoms with Crippen LogP contribution in [0.1, 0.15) is 15.9 Å². The number of carbonyl (C=O) groups is 1. The summed E-state index contributed by atoms with van der Waals surface area (Å²) in [5.74, 6) is -0.218. The van der Waals surface area contributed by atoms with Crippen molar-refractivity contribution in [3.8, 4) is 0 Å². The van der Waals surface area contributed by atoms with Crippen LogP contribution >= 0.6 is 0 Å². The van der Waals surface area contributed by atoms with Crippen LogP contribution in [-0.2, 0) is 16.6 Å². The number of hydrogen-bond acceptors (Lipinski definition) is 4. The molecule has 0 saturated carbocycles. The molecule has 1 heterocycles. The molecule has 3 aromatic rings. The maximum atomic E-state index is 12.4. The maximum Gasteiger partial charge on any atom is 0.252 e. The van der Waals surface area contributed by atoms with Gasteiger partial charge in [-0.3, -0.25) is 9.78 Å². The highest BCUT2D eigenvalue weighted by Gasteiger charge is 2.11. The average Bonchev–Trinajstić information content (AvgIpc) is 2.59. The molecule has 7 heteroatoms. The average molecular weight is 341 g/mol. The van der Waals surface area contributed by atoms with E-state index >= 15 is 0 Å². The number of para-hydroxylation sites is 1. The van der Waals surface area contributed by atoms with Gasteiger partial charge >= 0.3 is 0 Å². The molecule has 3 rings (SSSR count). The number of amides is 1. The van der Waals surface area contributed by atoms with E-state index in [9.17, 15) is 13.2 Å². The van der Waals surface area contributed by atoms with Gasteiger partial charge in [0.2, 0.25) is 10.0 Å². The Labute approximate surface area is 139 Å². The van der Waals surface area contributed by atoms with Crippen LogP contribution in [0.25, 0.3) is 10.9 Å². The van der Waals surface area contributed by atoms with Gasteiger partial charge < -0.3 is 5.32 Å². The quantitative estimate of drug-likeness (QED) is 0.755. The van der Waals surface area contributed by atoms with Crippen molar-refractivity contribution < 1.29 is 13.2 Å². The number of primary sulfonamides is 1. The Kier molecular flexibility index (Phi) is 4.28. The van der Waals surface area contributed by atoms with Gasteiger partial charge in [0, 0.05) is 18.1 Å². The molecule has 0 saturated heterocycles. The van der Waals surface area contributed by atoms with Gasteiger partial charge in [-0.2, -0.15) is 0 Å². The zero-order valence-corrected chi connectivity index (χ0v) is 13.5. The molecular weight excluding hydrogens is 326 g/mol. The van der Waals surface area contributed by atoms with E-state index in [0.29, 0.717) is 5.56 Å². The number of nitrogens with two attached hydrogens (primary N) is 1. The van der Waals surface area contributed by atoms with Gasteiger partial charge in [-0.25, -0.2) is 13.6 Å². The molecule has 0 bridgehead atoms. The highest BCUT2D eigenvalue weighted by Crippen LogP contribution is 2.16. The number of aromatic nitrogens is 1. The van der Waals surface area contributed by atoms with Crippen LogP contribution in [0.2, 0.25) is 0 Å². The molecule has 0 unspecified atom stereocenters. The minimum Gasteiger partial charge on any atom is -0.348 e. The van der Waals surface area contributed by atoms with E-state index in [0.717, 1.165) is 16.5 Å². The van der Waals surface area contributed by atoms with Crippen LogP contribution in [0.15, 0.2) is 65.7 Å². The summed E-state index contributed by atoms with van der Waals surface area (Å²) in [6.45, 7) is 0.278. The van der Waals surface area contributed by atoms with E-state index in [-0.39, 0.29) is 17.3 Å². The van der Waals surface area contributed by atoms with E-state index in [1.807, 2.05) is 24.3 Å². The maximum absolute atomic E-state index is 12.4. The number of fused-ring (bicyclic) bond motifs is 1. The van der Waals surface area contributed by atoms with E-state index < -0.39 is 10.0 Å². The normalized spacial score (nSPS) is 11.4. The van der Waals surface area contributed by atoms with Crippen LogP contribution in [0.3, 0.4) is 0 Å². The van der Waals surface area contributed by atoms with Gasteiger partial charge in [-0.05, 0) is 29.8 Å². The minimum absolute atomic E-state index is 0.0395. The largest absolute Gasteiger partial charge is 0.348 e. The van der Waals surface area contributed by atoms with E-state index in [1.54, 1.807) is 24.4 Å². The van der Waals surface area contributed by atoms with Gasteiger partial charge in [0.05, 0.1) is 16.0 Å². The highest BCUT2D eigenvalue weighted by molar-refractivity contribution is 7.89. The summed E-state index contributed by atoms with van der Waals surface area (Å²) in [6, 6.07) is 15.1. The first-order valence-electron chi connectivity index (χ1n) is 7.19. The van der Waals surface area contributed by atoms with Crippen LogP contribution in [0, 0.1) is 0 Å². The van der Waals surface area contributed by atoms with Gasteiger partial charge in [0.25, 0.3) is 5.91 Å². The first-order valence-corrected chi connectivity index (χ1v) is 8.73. The zero-order valence-electron chi connectivity index (χ0n) is 12.6. The Hall–Kier alpha value is -2.77. The van der Waals surface area contributed by atoms with Crippen molar-refractivity contribution in [2.75, 3.05) is 0 Å². The molecule has 0 aliphatic carbocycles.